The van der Waals surface area contributed by atoms with Crippen molar-refractivity contribution in [2.75, 3.05) is 32.7 Å². The molecule has 0 radical (unpaired) electrons. The Morgan fingerprint density at radius 1 is 1.00 bits per heavy atom. The molecule has 0 atom stereocenters. The maximum absolute atomic E-state index is 11.9. The largest absolute Gasteiger partial charge is 0.357 e. The molecule has 1 fully saturated rings. The molecule has 0 bridgehead atoms. The summed E-state index contributed by atoms with van der Waals surface area (Å²) in [7, 11) is 0. The number of rotatable bonds is 10. The van der Waals surface area contributed by atoms with E-state index in [0.29, 0.717) is 13.1 Å². The highest BCUT2D eigenvalue weighted by atomic mass is 127. The van der Waals surface area contributed by atoms with Gasteiger partial charge in [-0.25, -0.2) is 4.99 Å². The first-order valence-corrected chi connectivity index (χ1v) is 12.3. The second-order valence-electron chi connectivity index (χ2n) is 7.86. The average molecular weight is 570 g/mol. The van der Waals surface area contributed by atoms with Crippen LogP contribution in [0.2, 0.25) is 0 Å². The molecule has 32 heavy (non-hydrogen) atoms. The summed E-state index contributed by atoms with van der Waals surface area (Å²) in [4.78, 5) is 19.9. The van der Waals surface area contributed by atoms with Gasteiger partial charge in [0.25, 0.3) is 5.91 Å². The molecule has 2 aromatic rings. The minimum atomic E-state index is -0.000641. The van der Waals surface area contributed by atoms with Gasteiger partial charge in [-0.15, -0.1) is 35.3 Å². The number of benzene rings is 1. The molecule has 1 aliphatic heterocycles. The van der Waals surface area contributed by atoms with E-state index in [1.54, 1.807) is 0 Å². The molecule has 0 spiro atoms. The van der Waals surface area contributed by atoms with Crippen molar-refractivity contribution in [1.82, 2.24) is 20.9 Å². The predicted octanol–water partition coefficient (Wildman–Crippen LogP) is 4.23. The summed E-state index contributed by atoms with van der Waals surface area (Å²) in [5.41, 5.74) is 2.59. The van der Waals surface area contributed by atoms with Gasteiger partial charge in [-0.3, -0.25) is 9.69 Å². The minimum Gasteiger partial charge on any atom is -0.357 e. The number of hydrogen-bond acceptors (Lipinski definition) is 4. The summed E-state index contributed by atoms with van der Waals surface area (Å²) in [6.45, 7) is 8.42. The summed E-state index contributed by atoms with van der Waals surface area (Å²) in [6, 6.07) is 12.6. The Bertz CT molecular complexity index is 804. The quantitative estimate of drug-likeness (QED) is 0.174. The Hall–Kier alpha value is -1.65. The minimum absolute atomic E-state index is 0. The van der Waals surface area contributed by atoms with Crippen molar-refractivity contribution < 1.29 is 4.79 Å². The van der Waals surface area contributed by atoms with Crippen LogP contribution in [0.5, 0.6) is 0 Å². The molecule has 6 nitrogen and oxygen atoms in total. The third-order valence-electron chi connectivity index (χ3n) is 5.32. The van der Waals surface area contributed by atoms with Gasteiger partial charge < -0.3 is 16.0 Å². The van der Waals surface area contributed by atoms with Crippen molar-refractivity contribution in [1.29, 1.82) is 0 Å². The van der Waals surface area contributed by atoms with Crippen LogP contribution in [0, 0.1) is 0 Å². The molecule has 1 aromatic carbocycles. The summed E-state index contributed by atoms with van der Waals surface area (Å²) < 4.78 is 0. The van der Waals surface area contributed by atoms with Gasteiger partial charge in [-0.05, 0) is 61.8 Å². The van der Waals surface area contributed by atoms with E-state index in [1.165, 1.54) is 54.8 Å². The van der Waals surface area contributed by atoms with E-state index in [1.807, 2.05) is 17.5 Å². The molecule has 1 saturated heterocycles. The topological polar surface area (TPSA) is 68.8 Å². The number of guanidine groups is 1. The molecular weight excluding hydrogens is 533 g/mol. The van der Waals surface area contributed by atoms with Crippen LogP contribution in [0.4, 0.5) is 0 Å². The number of thiophene rings is 1. The zero-order valence-electron chi connectivity index (χ0n) is 18.9. The second kappa shape index (κ2) is 15.2. The third-order valence-corrected chi connectivity index (χ3v) is 6.19. The maximum atomic E-state index is 11.9. The van der Waals surface area contributed by atoms with Crippen molar-refractivity contribution in [2.24, 2.45) is 4.99 Å². The fraction of sp³-hybridized carbons (Fsp3) is 0.500. The molecule has 3 N–H and O–H groups in total. The van der Waals surface area contributed by atoms with Crippen LogP contribution in [-0.2, 0) is 13.1 Å². The van der Waals surface area contributed by atoms with Crippen LogP contribution >= 0.6 is 35.3 Å². The summed E-state index contributed by atoms with van der Waals surface area (Å²) in [6.07, 6.45) is 4.87. The SMILES string of the molecule is CCNC(=NCc1ccc(CN2CCCCC2)cc1)NCCCNC(=O)c1cccs1.I. The molecule has 176 valence electrons. The highest BCUT2D eigenvalue weighted by Crippen LogP contribution is 2.14. The van der Waals surface area contributed by atoms with Crippen molar-refractivity contribution in [2.45, 2.75) is 45.7 Å². The van der Waals surface area contributed by atoms with Crippen molar-refractivity contribution in [3.8, 4) is 0 Å². The van der Waals surface area contributed by atoms with Gasteiger partial charge in [0.1, 0.15) is 0 Å². The van der Waals surface area contributed by atoms with E-state index >= 15 is 0 Å². The lowest BCUT2D eigenvalue weighted by atomic mass is 10.1. The molecule has 0 aliphatic carbocycles. The van der Waals surface area contributed by atoms with Gasteiger partial charge in [-0.1, -0.05) is 36.8 Å². The van der Waals surface area contributed by atoms with E-state index in [-0.39, 0.29) is 29.9 Å². The van der Waals surface area contributed by atoms with E-state index in [2.05, 4.69) is 52.0 Å². The highest BCUT2D eigenvalue weighted by molar-refractivity contribution is 14.0. The van der Waals surface area contributed by atoms with Gasteiger partial charge in [0.05, 0.1) is 11.4 Å². The number of carbonyl (C=O) groups is 1. The molecule has 1 aliphatic rings. The summed E-state index contributed by atoms with van der Waals surface area (Å²) in [5, 5.41) is 11.5. The number of likely N-dealkylation sites (tertiary alicyclic amines) is 1. The monoisotopic (exact) mass is 569 g/mol. The first-order valence-electron chi connectivity index (χ1n) is 11.4. The number of aliphatic imine (C=N–C) groups is 1. The molecule has 8 heteroatoms. The lowest BCUT2D eigenvalue weighted by Gasteiger charge is -2.26. The van der Waals surface area contributed by atoms with Gasteiger partial charge >= 0.3 is 0 Å². The van der Waals surface area contributed by atoms with Crippen molar-refractivity contribution in [3.05, 3.63) is 57.8 Å². The fourth-order valence-electron chi connectivity index (χ4n) is 3.63. The molecule has 1 aromatic heterocycles. The number of nitrogens with one attached hydrogen (secondary N) is 3. The number of amides is 1. The Morgan fingerprint density at radius 2 is 1.72 bits per heavy atom. The van der Waals surface area contributed by atoms with E-state index in [0.717, 1.165) is 36.9 Å². The lowest BCUT2D eigenvalue weighted by Crippen LogP contribution is -2.38. The van der Waals surface area contributed by atoms with Crippen LogP contribution in [0.1, 0.15) is 53.4 Å². The standard InChI is InChI=1S/C24H35N5OS.HI/c1-2-25-24(27-14-7-13-26-23(30)22-8-6-17-31-22)28-18-20-9-11-21(12-10-20)19-29-15-4-3-5-16-29;/h6,8-12,17H,2-5,7,13-16,18-19H2,1H3,(H,26,30)(H2,25,27,28);1H. The second-order valence-corrected chi connectivity index (χ2v) is 8.81. The van der Waals surface area contributed by atoms with E-state index in [9.17, 15) is 4.79 Å². The smallest absolute Gasteiger partial charge is 0.261 e. The normalized spacial score (nSPS) is 14.5. The number of nitrogens with zero attached hydrogens (tertiary/aromatic N) is 2. The Kier molecular flexibility index (Phi) is 12.7. The lowest BCUT2D eigenvalue weighted by molar-refractivity contribution is 0.0957. The zero-order chi connectivity index (χ0) is 21.7. The van der Waals surface area contributed by atoms with Crippen LogP contribution < -0.4 is 16.0 Å². The number of hydrogen-bond donors (Lipinski definition) is 3. The zero-order valence-corrected chi connectivity index (χ0v) is 22.1. The van der Waals surface area contributed by atoms with Gasteiger partial charge in [-0.2, -0.15) is 0 Å². The molecule has 3 rings (SSSR count). The third kappa shape index (κ3) is 9.46. The highest BCUT2D eigenvalue weighted by Gasteiger charge is 2.10. The maximum Gasteiger partial charge on any atom is 0.261 e. The number of halogens is 1. The molecule has 2 heterocycles. The van der Waals surface area contributed by atoms with Crippen LogP contribution in [-0.4, -0.2) is 49.5 Å². The number of carbonyl (C=O) groups excluding carboxylic acids is 1. The van der Waals surface area contributed by atoms with E-state index < -0.39 is 0 Å². The molecular formula is C24H36IN5OS. The predicted molar refractivity (Wildman–Crippen MR) is 145 cm³/mol. The van der Waals surface area contributed by atoms with Crippen molar-refractivity contribution >= 4 is 47.2 Å². The van der Waals surface area contributed by atoms with Crippen LogP contribution in [0.25, 0.3) is 0 Å². The molecule has 1 amide bonds. The Balaban J connectivity index is 0.00000363. The van der Waals surface area contributed by atoms with Gasteiger partial charge in [0.15, 0.2) is 5.96 Å². The fourth-order valence-corrected chi connectivity index (χ4v) is 4.27. The summed E-state index contributed by atoms with van der Waals surface area (Å²) >= 11 is 1.46. The first-order chi connectivity index (χ1) is 15.2. The van der Waals surface area contributed by atoms with Crippen LogP contribution in [0.3, 0.4) is 0 Å². The first kappa shape index (κ1) is 26.6. The van der Waals surface area contributed by atoms with Crippen molar-refractivity contribution in [3.63, 3.8) is 0 Å². The van der Waals surface area contributed by atoms with Gasteiger partial charge in [0.2, 0.25) is 0 Å². The number of piperidine rings is 1. The van der Waals surface area contributed by atoms with Crippen LogP contribution in [0.15, 0.2) is 46.8 Å². The Labute approximate surface area is 213 Å². The molecule has 0 saturated carbocycles. The summed E-state index contributed by atoms with van der Waals surface area (Å²) in [5.74, 6) is 0.809. The molecule has 0 unspecified atom stereocenters. The van der Waals surface area contributed by atoms with E-state index in [4.69, 9.17) is 4.99 Å². The van der Waals surface area contributed by atoms with Gasteiger partial charge in [0, 0.05) is 26.2 Å². The average Bonchev–Trinajstić information content (AvgIpc) is 3.34. The Morgan fingerprint density at radius 3 is 2.41 bits per heavy atom.